The van der Waals surface area contributed by atoms with Crippen molar-refractivity contribution < 1.29 is 28.3 Å². The van der Waals surface area contributed by atoms with Gasteiger partial charge in [-0.2, -0.15) is 0 Å². The van der Waals surface area contributed by atoms with Crippen LogP contribution >= 0.6 is 0 Å². The highest BCUT2D eigenvalue weighted by molar-refractivity contribution is 6.99. The number of ether oxygens (including phenoxy) is 2. The summed E-state index contributed by atoms with van der Waals surface area (Å²) in [7, 11) is -3.07. The molecule has 40 heavy (non-hydrogen) atoms. The molecule has 3 rings (SSSR count). The van der Waals surface area contributed by atoms with E-state index in [2.05, 4.69) is 50.4 Å². The van der Waals surface area contributed by atoms with Gasteiger partial charge in [-0.05, 0) is 57.0 Å². The summed E-state index contributed by atoms with van der Waals surface area (Å²) < 4.78 is 18.3. The molecule has 1 aliphatic rings. The molecule has 1 aliphatic heterocycles. The second kappa shape index (κ2) is 11.7. The van der Waals surface area contributed by atoms with Crippen LogP contribution in [0, 0.1) is 0 Å². The molecule has 1 heterocycles. The van der Waals surface area contributed by atoms with Gasteiger partial charge in [0.15, 0.2) is 0 Å². The van der Waals surface area contributed by atoms with Crippen molar-refractivity contribution in [1.29, 1.82) is 0 Å². The van der Waals surface area contributed by atoms with Gasteiger partial charge in [0.1, 0.15) is 11.2 Å². The van der Waals surface area contributed by atoms with Crippen LogP contribution < -0.4 is 15.7 Å². The van der Waals surface area contributed by atoms with Crippen molar-refractivity contribution in [3.63, 3.8) is 0 Å². The maximum absolute atomic E-state index is 13.4. The molecule has 0 aliphatic carbocycles. The maximum Gasteiger partial charge on any atom is 0.417 e. The Hall–Kier alpha value is -3.17. The predicted molar refractivity (Wildman–Crippen MR) is 158 cm³/mol. The summed E-state index contributed by atoms with van der Waals surface area (Å²) in [6.07, 6.45) is -2.22. The van der Waals surface area contributed by atoms with E-state index in [-0.39, 0.29) is 18.0 Å². The van der Waals surface area contributed by atoms with Gasteiger partial charge in [-0.1, -0.05) is 81.4 Å². The molecule has 9 heteroatoms. The van der Waals surface area contributed by atoms with Gasteiger partial charge in [0.25, 0.3) is 8.32 Å². The number of amides is 3. The lowest BCUT2D eigenvalue weighted by Crippen LogP contribution is -2.71. The average Bonchev–Trinajstić information content (AvgIpc) is 2.82. The van der Waals surface area contributed by atoms with E-state index < -0.39 is 49.8 Å². The van der Waals surface area contributed by atoms with E-state index in [4.69, 9.17) is 13.9 Å². The van der Waals surface area contributed by atoms with E-state index >= 15 is 0 Å². The fraction of sp³-hybridized carbons (Fsp3) is 0.516. The van der Waals surface area contributed by atoms with Crippen LogP contribution in [0.4, 0.5) is 9.59 Å². The Kier molecular flexibility index (Phi) is 9.21. The lowest BCUT2D eigenvalue weighted by molar-refractivity contribution is -0.136. The van der Waals surface area contributed by atoms with Crippen molar-refractivity contribution in [2.24, 2.45) is 0 Å². The zero-order valence-electron chi connectivity index (χ0n) is 25.2. The zero-order valence-corrected chi connectivity index (χ0v) is 26.2. The quantitative estimate of drug-likeness (QED) is 0.511. The number of benzene rings is 2. The Morgan fingerprint density at radius 2 is 1.27 bits per heavy atom. The molecule has 0 unspecified atom stereocenters. The topological polar surface area (TPSA) is 94.2 Å². The van der Waals surface area contributed by atoms with Crippen LogP contribution in [0.1, 0.15) is 68.7 Å². The van der Waals surface area contributed by atoms with E-state index in [1.807, 2.05) is 36.4 Å². The van der Waals surface area contributed by atoms with Gasteiger partial charge in [-0.25, -0.2) is 14.5 Å². The summed E-state index contributed by atoms with van der Waals surface area (Å²) in [4.78, 5) is 40.4. The second-order valence-electron chi connectivity index (χ2n) is 13.3. The summed E-state index contributed by atoms with van der Waals surface area (Å²) in [5.74, 6) is -0.417. The number of alkyl carbamates (subject to hydrolysis) is 1. The third-order valence-electron chi connectivity index (χ3n) is 6.57. The van der Waals surface area contributed by atoms with E-state index in [0.29, 0.717) is 0 Å². The summed E-state index contributed by atoms with van der Waals surface area (Å²) in [6, 6.07) is 19.4. The van der Waals surface area contributed by atoms with Crippen molar-refractivity contribution >= 4 is 36.8 Å². The first-order valence-corrected chi connectivity index (χ1v) is 15.7. The largest absolute Gasteiger partial charge is 0.444 e. The molecular formula is C31H44N2O6Si. The highest BCUT2D eigenvalue weighted by Crippen LogP contribution is 2.39. The first-order valence-electron chi connectivity index (χ1n) is 13.7. The number of hydrogen-bond acceptors (Lipinski definition) is 6. The first kappa shape index (κ1) is 31.4. The van der Waals surface area contributed by atoms with Crippen LogP contribution in [0.2, 0.25) is 5.04 Å². The first-order chi connectivity index (χ1) is 18.4. The second-order valence-corrected chi connectivity index (χ2v) is 17.5. The highest BCUT2D eigenvalue weighted by Gasteiger charge is 2.54. The molecule has 2 aromatic carbocycles. The number of carbonyl (C=O) groups excluding carboxylic acids is 3. The molecule has 0 bridgehead atoms. The summed E-state index contributed by atoms with van der Waals surface area (Å²) in [5, 5.41) is 4.65. The minimum atomic E-state index is -3.07. The molecule has 8 nitrogen and oxygen atoms in total. The standard InChI is InChI=1S/C31H44N2O6Si/c1-29(2,3)37-27(35)32-24-21-33(28(36)38-30(4,5)6)26(34)20-25(24)39-40(31(7,8)9,22-16-12-10-13-17-22)23-18-14-11-15-19-23/h10-19,24-25H,20-21H2,1-9H3,(H,32,35)/t24-,25+/m1/s1. The Morgan fingerprint density at radius 1 is 0.800 bits per heavy atom. The minimum absolute atomic E-state index is 0.101. The summed E-state index contributed by atoms with van der Waals surface area (Å²) in [5.41, 5.74) is -1.51. The van der Waals surface area contributed by atoms with E-state index in [1.54, 1.807) is 41.5 Å². The van der Waals surface area contributed by atoms with E-state index in [0.717, 1.165) is 15.3 Å². The van der Waals surface area contributed by atoms with Crippen LogP contribution in [-0.4, -0.2) is 61.2 Å². The van der Waals surface area contributed by atoms with Crippen LogP contribution in [0.3, 0.4) is 0 Å². The van der Waals surface area contributed by atoms with E-state index in [1.165, 1.54) is 0 Å². The smallest absolute Gasteiger partial charge is 0.417 e. The average molecular weight is 569 g/mol. The Labute approximate surface area is 239 Å². The molecule has 0 aromatic heterocycles. The van der Waals surface area contributed by atoms with Crippen molar-refractivity contribution in [3.05, 3.63) is 60.7 Å². The third kappa shape index (κ3) is 7.51. The molecule has 2 atom stereocenters. The van der Waals surface area contributed by atoms with Gasteiger partial charge < -0.3 is 19.2 Å². The Bertz CT molecular complexity index is 1140. The number of piperidine rings is 1. The van der Waals surface area contributed by atoms with Gasteiger partial charge >= 0.3 is 12.2 Å². The Balaban J connectivity index is 2.09. The summed E-state index contributed by atoms with van der Waals surface area (Å²) >= 11 is 0. The maximum atomic E-state index is 13.4. The van der Waals surface area contributed by atoms with Gasteiger partial charge in [0, 0.05) is 0 Å². The van der Waals surface area contributed by atoms with Crippen LogP contribution in [0.25, 0.3) is 0 Å². The normalized spacial score (nSPS) is 18.7. The molecule has 0 spiro atoms. The number of hydrogen-bond donors (Lipinski definition) is 1. The van der Waals surface area contributed by atoms with E-state index in [9.17, 15) is 14.4 Å². The summed E-state index contributed by atoms with van der Waals surface area (Å²) in [6.45, 7) is 16.9. The number of likely N-dealkylation sites (tertiary alicyclic amines) is 1. The number of nitrogens with one attached hydrogen (secondary N) is 1. The fourth-order valence-electron chi connectivity index (χ4n) is 4.97. The molecule has 218 valence electrons. The number of nitrogens with zero attached hydrogens (tertiary/aromatic N) is 1. The Morgan fingerprint density at radius 3 is 1.70 bits per heavy atom. The number of rotatable bonds is 5. The fourth-order valence-corrected chi connectivity index (χ4v) is 9.69. The van der Waals surface area contributed by atoms with Crippen LogP contribution in [0.5, 0.6) is 0 Å². The van der Waals surface area contributed by atoms with Crippen molar-refractivity contribution in [3.8, 4) is 0 Å². The molecule has 2 aromatic rings. The lowest BCUT2D eigenvalue weighted by atomic mass is 10.0. The lowest BCUT2D eigenvalue weighted by Gasteiger charge is -2.48. The minimum Gasteiger partial charge on any atom is -0.444 e. The SMILES string of the molecule is CC(C)(C)OC(=O)N[C@@H]1CN(C(=O)OC(C)(C)C)C(=O)C[C@@H]1O[Si](c1ccccc1)(c1ccccc1)C(C)(C)C. The number of carbonyl (C=O) groups is 3. The molecule has 1 N–H and O–H groups in total. The van der Waals surface area contributed by atoms with Crippen molar-refractivity contribution in [1.82, 2.24) is 10.2 Å². The highest BCUT2D eigenvalue weighted by atomic mass is 28.4. The van der Waals surface area contributed by atoms with Gasteiger partial charge in [0.2, 0.25) is 5.91 Å². The molecule has 0 radical (unpaired) electrons. The van der Waals surface area contributed by atoms with Gasteiger partial charge in [-0.3, -0.25) is 4.79 Å². The van der Waals surface area contributed by atoms with Gasteiger partial charge in [0.05, 0.1) is 25.1 Å². The molecule has 0 saturated carbocycles. The monoisotopic (exact) mass is 568 g/mol. The van der Waals surface area contributed by atoms with Crippen LogP contribution in [0.15, 0.2) is 60.7 Å². The number of imide groups is 1. The molecule has 1 fully saturated rings. The van der Waals surface area contributed by atoms with Crippen LogP contribution in [-0.2, 0) is 18.7 Å². The van der Waals surface area contributed by atoms with Crippen molar-refractivity contribution in [2.45, 2.75) is 97.1 Å². The zero-order chi connectivity index (χ0) is 29.9. The van der Waals surface area contributed by atoms with Crippen molar-refractivity contribution in [2.75, 3.05) is 6.54 Å². The predicted octanol–water partition coefficient (Wildman–Crippen LogP) is 4.99. The van der Waals surface area contributed by atoms with Gasteiger partial charge in [-0.15, -0.1) is 0 Å². The molecule has 3 amide bonds. The molecular weight excluding hydrogens is 524 g/mol. The third-order valence-corrected chi connectivity index (χ3v) is 11.6. The molecule has 1 saturated heterocycles.